The molecule has 0 saturated carbocycles. The Hall–Kier alpha value is -2.87. The number of halogens is 1. The van der Waals surface area contributed by atoms with Crippen molar-refractivity contribution in [2.24, 2.45) is 0 Å². The number of hydrogen-bond acceptors (Lipinski definition) is 6. The first-order valence-electron chi connectivity index (χ1n) is 8.26. The molecular formula is C19H18FN3O3S. The van der Waals surface area contributed by atoms with Gasteiger partial charge in [0.05, 0.1) is 12.9 Å². The molecule has 0 atom stereocenters. The molecule has 0 bridgehead atoms. The summed E-state index contributed by atoms with van der Waals surface area (Å²) >= 11 is 1.16. The van der Waals surface area contributed by atoms with Crippen LogP contribution in [0.5, 0.6) is 5.75 Å². The molecule has 6 nitrogen and oxygen atoms in total. The topological polar surface area (TPSA) is 77.2 Å². The molecule has 0 aliphatic carbocycles. The van der Waals surface area contributed by atoms with Crippen LogP contribution in [-0.2, 0) is 11.2 Å². The molecule has 0 spiro atoms. The van der Waals surface area contributed by atoms with Crippen LogP contribution in [-0.4, -0.2) is 35.5 Å². The van der Waals surface area contributed by atoms with E-state index in [9.17, 15) is 9.18 Å². The van der Waals surface area contributed by atoms with Gasteiger partial charge >= 0.3 is 0 Å². The summed E-state index contributed by atoms with van der Waals surface area (Å²) < 4.78 is 23.5. The summed E-state index contributed by atoms with van der Waals surface area (Å²) in [6.07, 6.45) is 0.732. The highest BCUT2D eigenvalue weighted by Gasteiger charge is 2.11. The van der Waals surface area contributed by atoms with E-state index in [1.165, 1.54) is 12.1 Å². The van der Waals surface area contributed by atoms with E-state index in [-0.39, 0.29) is 23.4 Å². The van der Waals surface area contributed by atoms with Gasteiger partial charge in [0.1, 0.15) is 11.6 Å². The minimum atomic E-state index is -0.334. The molecule has 27 heavy (non-hydrogen) atoms. The Morgan fingerprint density at radius 1 is 1.15 bits per heavy atom. The summed E-state index contributed by atoms with van der Waals surface area (Å²) in [6, 6.07) is 13.5. The highest BCUT2D eigenvalue weighted by Crippen LogP contribution is 2.23. The summed E-state index contributed by atoms with van der Waals surface area (Å²) in [6.45, 7) is 0.538. The van der Waals surface area contributed by atoms with Gasteiger partial charge in [-0.15, -0.1) is 10.2 Å². The van der Waals surface area contributed by atoms with Crippen molar-refractivity contribution in [3.8, 4) is 17.2 Å². The quantitative estimate of drug-likeness (QED) is 0.598. The Balaban J connectivity index is 1.42. The van der Waals surface area contributed by atoms with E-state index < -0.39 is 0 Å². The molecule has 8 heteroatoms. The second kappa shape index (κ2) is 9.18. The van der Waals surface area contributed by atoms with Crippen LogP contribution in [0.3, 0.4) is 0 Å². The van der Waals surface area contributed by atoms with Gasteiger partial charge in [-0.05, 0) is 48.4 Å². The fourth-order valence-corrected chi connectivity index (χ4v) is 2.89. The summed E-state index contributed by atoms with van der Waals surface area (Å²) in [5.74, 6) is 0.818. The number of thioether (sulfide) groups is 1. The SMILES string of the molecule is COc1ccc(CCNC(=O)CSc2nnc(-c3ccc(F)cc3)o2)cc1. The zero-order chi connectivity index (χ0) is 19.1. The number of carbonyl (C=O) groups excluding carboxylic acids is 1. The normalized spacial score (nSPS) is 10.6. The van der Waals surface area contributed by atoms with Gasteiger partial charge in [0.2, 0.25) is 11.8 Å². The van der Waals surface area contributed by atoms with Gasteiger partial charge in [-0.3, -0.25) is 4.79 Å². The predicted molar refractivity (Wildman–Crippen MR) is 100 cm³/mol. The Kier molecular flexibility index (Phi) is 6.43. The highest BCUT2D eigenvalue weighted by atomic mass is 32.2. The van der Waals surface area contributed by atoms with Crippen molar-refractivity contribution >= 4 is 17.7 Å². The van der Waals surface area contributed by atoms with E-state index in [1.807, 2.05) is 24.3 Å². The molecule has 1 amide bonds. The summed E-state index contributed by atoms with van der Waals surface area (Å²) in [4.78, 5) is 11.9. The second-order valence-corrected chi connectivity index (χ2v) is 6.54. The number of methoxy groups -OCH3 is 1. The van der Waals surface area contributed by atoms with Gasteiger partial charge in [0, 0.05) is 12.1 Å². The number of amides is 1. The zero-order valence-corrected chi connectivity index (χ0v) is 15.5. The lowest BCUT2D eigenvalue weighted by atomic mass is 10.1. The van der Waals surface area contributed by atoms with Crippen molar-refractivity contribution in [1.82, 2.24) is 15.5 Å². The van der Waals surface area contributed by atoms with Crippen LogP contribution in [0.4, 0.5) is 4.39 Å². The van der Waals surface area contributed by atoms with E-state index in [0.29, 0.717) is 17.3 Å². The number of ether oxygens (including phenoxy) is 1. The summed E-state index contributed by atoms with van der Waals surface area (Å²) in [5, 5.41) is 10.9. The van der Waals surface area contributed by atoms with Gasteiger partial charge in [0.25, 0.3) is 5.22 Å². The number of benzene rings is 2. The van der Waals surface area contributed by atoms with Crippen molar-refractivity contribution in [2.45, 2.75) is 11.6 Å². The van der Waals surface area contributed by atoms with Crippen molar-refractivity contribution in [3.05, 3.63) is 59.9 Å². The number of carbonyl (C=O) groups is 1. The fraction of sp³-hybridized carbons (Fsp3) is 0.211. The van der Waals surface area contributed by atoms with Crippen LogP contribution in [0.2, 0.25) is 0 Å². The fourth-order valence-electron chi connectivity index (χ4n) is 2.29. The molecule has 0 unspecified atom stereocenters. The lowest BCUT2D eigenvalue weighted by molar-refractivity contribution is -0.118. The van der Waals surface area contributed by atoms with Crippen LogP contribution >= 0.6 is 11.8 Å². The van der Waals surface area contributed by atoms with Gasteiger partial charge in [0.15, 0.2) is 0 Å². The van der Waals surface area contributed by atoms with Crippen LogP contribution in [0.15, 0.2) is 58.2 Å². The number of aromatic nitrogens is 2. The Labute approximate surface area is 160 Å². The van der Waals surface area contributed by atoms with Crippen LogP contribution < -0.4 is 10.1 Å². The zero-order valence-electron chi connectivity index (χ0n) is 14.6. The molecule has 0 aliphatic heterocycles. The minimum absolute atomic E-state index is 0.116. The molecule has 2 aromatic carbocycles. The molecule has 1 aromatic heterocycles. The molecule has 0 radical (unpaired) electrons. The van der Waals surface area contributed by atoms with Gasteiger partial charge in [-0.2, -0.15) is 0 Å². The molecule has 3 aromatic rings. The maximum absolute atomic E-state index is 12.9. The maximum atomic E-state index is 12.9. The number of nitrogens with one attached hydrogen (secondary N) is 1. The minimum Gasteiger partial charge on any atom is -0.497 e. The van der Waals surface area contributed by atoms with E-state index >= 15 is 0 Å². The lowest BCUT2D eigenvalue weighted by Crippen LogP contribution is -2.27. The van der Waals surface area contributed by atoms with Crippen LogP contribution in [0.1, 0.15) is 5.56 Å². The van der Waals surface area contributed by atoms with Crippen molar-refractivity contribution < 1.29 is 18.3 Å². The lowest BCUT2D eigenvalue weighted by Gasteiger charge is -2.05. The average molecular weight is 387 g/mol. The van der Waals surface area contributed by atoms with Gasteiger partial charge in [-0.25, -0.2) is 4.39 Å². The molecule has 1 N–H and O–H groups in total. The molecule has 3 rings (SSSR count). The first kappa shape index (κ1) is 18.9. The summed E-state index contributed by atoms with van der Waals surface area (Å²) in [5.41, 5.74) is 1.74. The second-order valence-electron chi connectivity index (χ2n) is 5.62. The third kappa shape index (κ3) is 5.55. The third-order valence-corrected chi connectivity index (χ3v) is 4.54. The molecule has 140 valence electrons. The van der Waals surface area contributed by atoms with Crippen LogP contribution in [0, 0.1) is 5.82 Å². The van der Waals surface area contributed by atoms with Crippen molar-refractivity contribution in [3.63, 3.8) is 0 Å². The van der Waals surface area contributed by atoms with E-state index in [1.54, 1.807) is 19.2 Å². The Bertz CT molecular complexity index is 882. The van der Waals surface area contributed by atoms with Gasteiger partial charge in [-0.1, -0.05) is 23.9 Å². The van der Waals surface area contributed by atoms with E-state index in [2.05, 4.69) is 15.5 Å². The third-order valence-electron chi connectivity index (χ3n) is 3.72. The summed E-state index contributed by atoms with van der Waals surface area (Å²) in [7, 11) is 1.62. The first-order chi connectivity index (χ1) is 13.1. The molecular weight excluding hydrogens is 369 g/mol. The average Bonchev–Trinajstić information content (AvgIpc) is 3.16. The van der Waals surface area contributed by atoms with Crippen molar-refractivity contribution in [2.75, 3.05) is 19.4 Å². The highest BCUT2D eigenvalue weighted by molar-refractivity contribution is 7.99. The van der Waals surface area contributed by atoms with Crippen LogP contribution in [0.25, 0.3) is 11.5 Å². The maximum Gasteiger partial charge on any atom is 0.277 e. The molecule has 0 aliphatic rings. The van der Waals surface area contributed by atoms with Crippen molar-refractivity contribution in [1.29, 1.82) is 0 Å². The molecule has 0 fully saturated rings. The standard InChI is InChI=1S/C19H18FN3O3S/c1-25-16-8-2-13(3-9-16)10-11-21-17(24)12-27-19-23-22-18(26-19)14-4-6-15(20)7-5-14/h2-9H,10-12H2,1H3,(H,21,24). The van der Waals surface area contributed by atoms with E-state index in [4.69, 9.17) is 9.15 Å². The number of nitrogens with zero attached hydrogens (tertiary/aromatic N) is 2. The number of hydrogen-bond donors (Lipinski definition) is 1. The number of rotatable bonds is 8. The Morgan fingerprint density at radius 2 is 1.89 bits per heavy atom. The Morgan fingerprint density at radius 3 is 2.59 bits per heavy atom. The first-order valence-corrected chi connectivity index (χ1v) is 9.24. The molecule has 0 saturated heterocycles. The van der Waals surface area contributed by atoms with E-state index in [0.717, 1.165) is 29.5 Å². The monoisotopic (exact) mass is 387 g/mol. The van der Waals surface area contributed by atoms with Gasteiger partial charge < -0.3 is 14.5 Å². The smallest absolute Gasteiger partial charge is 0.277 e. The predicted octanol–water partition coefficient (Wildman–Crippen LogP) is 3.34. The molecule has 1 heterocycles. The largest absolute Gasteiger partial charge is 0.497 e.